The summed E-state index contributed by atoms with van der Waals surface area (Å²) in [5.74, 6) is -0.344. The smallest absolute Gasteiger partial charge is 0.270 e. The summed E-state index contributed by atoms with van der Waals surface area (Å²) < 4.78 is 0.595. The van der Waals surface area contributed by atoms with E-state index < -0.39 is 4.92 Å². The zero-order valence-corrected chi connectivity index (χ0v) is 14.4. The monoisotopic (exact) mass is 380 g/mol. The first kappa shape index (κ1) is 16.7. The third-order valence-corrected chi connectivity index (χ3v) is 5.45. The highest BCUT2D eigenvalue weighted by atomic mass is 35.5. The Hall–Kier alpha value is -2.15. The molecule has 122 valence electrons. The Morgan fingerprint density at radius 1 is 1.21 bits per heavy atom. The second kappa shape index (κ2) is 6.76. The topological polar surface area (TPSA) is 72.2 Å². The van der Waals surface area contributed by atoms with Gasteiger partial charge in [-0.2, -0.15) is 0 Å². The fourth-order valence-corrected chi connectivity index (χ4v) is 3.88. The van der Waals surface area contributed by atoms with Crippen molar-refractivity contribution in [3.63, 3.8) is 0 Å². The van der Waals surface area contributed by atoms with Crippen LogP contribution in [-0.2, 0) is 6.54 Å². The zero-order valence-electron chi connectivity index (χ0n) is 12.1. The van der Waals surface area contributed by atoms with Gasteiger partial charge >= 0.3 is 0 Å². The van der Waals surface area contributed by atoms with E-state index in [0.29, 0.717) is 25.0 Å². The van der Waals surface area contributed by atoms with Crippen molar-refractivity contribution in [2.45, 2.75) is 6.54 Å². The Morgan fingerprint density at radius 2 is 1.96 bits per heavy atom. The average molecular weight is 381 g/mol. The molecule has 0 saturated carbocycles. The highest BCUT2D eigenvalue weighted by Crippen LogP contribution is 2.37. The van der Waals surface area contributed by atoms with Crippen molar-refractivity contribution in [2.75, 3.05) is 0 Å². The summed E-state index contributed by atoms with van der Waals surface area (Å²) in [6, 6.07) is 11.5. The molecule has 5 nitrogen and oxygen atoms in total. The fourth-order valence-electron chi connectivity index (χ4n) is 2.21. The van der Waals surface area contributed by atoms with Crippen LogP contribution >= 0.6 is 34.5 Å². The first-order valence-corrected chi connectivity index (χ1v) is 8.42. The summed E-state index contributed by atoms with van der Waals surface area (Å²) in [6.07, 6.45) is 0. The van der Waals surface area contributed by atoms with Crippen LogP contribution in [0, 0.1) is 10.1 Å². The van der Waals surface area contributed by atoms with Crippen molar-refractivity contribution in [2.24, 2.45) is 0 Å². The number of hydrogen-bond acceptors (Lipinski definition) is 4. The minimum Gasteiger partial charge on any atom is -0.347 e. The van der Waals surface area contributed by atoms with Gasteiger partial charge in [-0.1, -0.05) is 41.4 Å². The van der Waals surface area contributed by atoms with E-state index in [2.05, 4.69) is 5.32 Å². The number of non-ortho nitro benzene ring substituents is 1. The summed E-state index contributed by atoms with van der Waals surface area (Å²) in [5.41, 5.74) is 0.754. The van der Waals surface area contributed by atoms with Crippen molar-refractivity contribution in [1.29, 1.82) is 0 Å². The second-order valence-corrected chi connectivity index (χ2v) is 6.79. The summed E-state index contributed by atoms with van der Waals surface area (Å²) in [6.45, 7) is 0.267. The number of thiophene rings is 1. The van der Waals surface area contributed by atoms with E-state index in [4.69, 9.17) is 23.2 Å². The molecule has 0 bridgehead atoms. The molecular weight excluding hydrogens is 371 g/mol. The van der Waals surface area contributed by atoms with Crippen LogP contribution in [0.3, 0.4) is 0 Å². The number of halogens is 2. The molecule has 0 spiro atoms. The molecule has 1 heterocycles. The van der Waals surface area contributed by atoms with Crippen molar-refractivity contribution in [3.8, 4) is 0 Å². The third-order valence-electron chi connectivity index (χ3n) is 3.43. The maximum absolute atomic E-state index is 12.4. The van der Waals surface area contributed by atoms with Gasteiger partial charge in [-0.3, -0.25) is 14.9 Å². The molecule has 3 rings (SSSR count). The molecule has 0 fully saturated rings. The van der Waals surface area contributed by atoms with Gasteiger partial charge in [0.25, 0.3) is 11.6 Å². The van der Waals surface area contributed by atoms with E-state index in [1.165, 1.54) is 12.1 Å². The molecule has 8 heteroatoms. The molecule has 0 atom stereocenters. The van der Waals surface area contributed by atoms with Crippen molar-refractivity contribution in [1.82, 2.24) is 5.32 Å². The second-order valence-electron chi connectivity index (χ2n) is 4.96. The predicted molar refractivity (Wildman–Crippen MR) is 96.1 cm³/mol. The van der Waals surface area contributed by atoms with Crippen molar-refractivity contribution < 1.29 is 9.72 Å². The van der Waals surface area contributed by atoms with Gasteiger partial charge in [0, 0.05) is 33.8 Å². The van der Waals surface area contributed by atoms with E-state index in [1.807, 2.05) is 18.2 Å². The lowest BCUT2D eigenvalue weighted by Gasteiger charge is -2.06. The van der Waals surface area contributed by atoms with E-state index in [0.717, 1.165) is 16.9 Å². The molecule has 3 aromatic rings. The SMILES string of the molecule is O=C(NCc1ccccc1Cl)c1sc2cc([N+](=O)[O-])ccc2c1Cl. The summed E-state index contributed by atoms with van der Waals surface area (Å²) in [7, 11) is 0. The molecule has 0 radical (unpaired) electrons. The van der Waals surface area contributed by atoms with Crippen LogP contribution in [0.2, 0.25) is 10.0 Å². The van der Waals surface area contributed by atoms with Crippen LogP contribution in [0.25, 0.3) is 10.1 Å². The number of rotatable bonds is 4. The lowest BCUT2D eigenvalue weighted by Crippen LogP contribution is -2.22. The van der Waals surface area contributed by atoms with Gasteiger partial charge in [0.2, 0.25) is 0 Å². The maximum Gasteiger partial charge on any atom is 0.270 e. The van der Waals surface area contributed by atoms with Gasteiger partial charge in [-0.15, -0.1) is 11.3 Å². The van der Waals surface area contributed by atoms with Gasteiger partial charge in [-0.25, -0.2) is 0 Å². The number of nitro groups is 1. The molecule has 0 aliphatic carbocycles. The predicted octanol–water partition coefficient (Wildman–Crippen LogP) is 5.05. The molecule has 0 aliphatic heterocycles. The lowest BCUT2D eigenvalue weighted by molar-refractivity contribution is -0.384. The molecular formula is C16H10Cl2N2O3S. The molecule has 1 N–H and O–H groups in total. The Balaban J connectivity index is 1.86. The van der Waals surface area contributed by atoms with Gasteiger partial charge < -0.3 is 5.32 Å². The first-order valence-electron chi connectivity index (χ1n) is 6.85. The number of nitrogens with one attached hydrogen (secondary N) is 1. The first-order chi connectivity index (χ1) is 11.5. The zero-order chi connectivity index (χ0) is 17.3. The number of benzene rings is 2. The number of nitro benzene ring substituents is 1. The minimum absolute atomic E-state index is 0.0385. The molecule has 24 heavy (non-hydrogen) atoms. The Bertz CT molecular complexity index is 956. The van der Waals surface area contributed by atoms with Gasteiger partial charge in [0.05, 0.1) is 9.95 Å². The van der Waals surface area contributed by atoms with E-state index >= 15 is 0 Å². The van der Waals surface area contributed by atoms with Crippen LogP contribution in [0.5, 0.6) is 0 Å². The van der Waals surface area contributed by atoms with E-state index in [-0.39, 0.29) is 18.1 Å². The maximum atomic E-state index is 12.4. The van der Waals surface area contributed by atoms with Gasteiger partial charge in [0.15, 0.2) is 0 Å². The van der Waals surface area contributed by atoms with Crippen LogP contribution < -0.4 is 5.32 Å². The van der Waals surface area contributed by atoms with Crippen LogP contribution in [-0.4, -0.2) is 10.8 Å². The standard InChI is InChI=1S/C16H10Cl2N2O3S/c17-12-4-2-1-3-9(12)8-19-16(21)15-14(18)11-6-5-10(20(22)23)7-13(11)24-15/h1-7H,8H2,(H,19,21). The molecule has 2 aromatic carbocycles. The van der Waals surface area contributed by atoms with Crippen molar-refractivity contribution >= 4 is 56.2 Å². The molecule has 0 saturated heterocycles. The highest BCUT2D eigenvalue weighted by molar-refractivity contribution is 7.21. The lowest BCUT2D eigenvalue weighted by atomic mass is 10.2. The molecule has 0 aliphatic rings. The van der Waals surface area contributed by atoms with Crippen LogP contribution in [0.4, 0.5) is 5.69 Å². The van der Waals surface area contributed by atoms with E-state index in [1.54, 1.807) is 12.1 Å². The summed E-state index contributed by atoms with van der Waals surface area (Å²) in [5, 5.41) is 15.1. The number of carbonyl (C=O) groups excluding carboxylic acids is 1. The summed E-state index contributed by atoms with van der Waals surface area (Å²) in [4.78, 5) is 23.1. The number of amides is 1. The van der Waals surface area contributed by atoms with Gasteiger partial charge in [0.1, 0.15) is 4.88 Å². The molecule has 0 unspecified atom stereocenters. The average Bonchev–Trinajstić information content (AvgIpc) is 2.90. The van der Waals surface area contributed by atoms with Crippen LogP contribution in [0.1, 0.15) is 15.2 Å². The Labute approximate surface area is 151 Å². The van der Waals surface area contributed by atoms with Crippen molar-refractivity contribution in [3.05, 3.63) is 73.1 Å². The highest BCUT2D eigenvalue weighted by Gasteiger charge is 2.19. The molecule has 1 aromatic heterocycles. The third kappa shape index (κ3) is 3.21. The summed E-state index contributed by atoms with van der Waals surface area (Å²) >= 11 is 13.4. The van der Waals surface area contributed by atoms with E-state index in [9.17, 15) is 14.9 Å². The number of nitrogens with zero attached hydrogens (tertiary/aromatic N) is 1. The largest absolute Gasteiger partial charge is 0.347 e. The number of carbonyl (C=O) groups is 1. The quantitative estimate of drug-likeness (QED) is 0.508. The van der Waals surface area contributed by atoms with Gasteiger partial charge in [-0.05, 0) is 17.7 Å². The van der Waals surface area contributed by atoms with Crippen LogP contribution in [0.15, 0.2) is 42.5 Å². The fraction of sp³-hybridized carbons (Fsp3) is 0.0625. The Kier molecular flexibility index (Phi) is 4.71. The molecule has 1 amide bonds. The number of hydrogen-bond donors (Lipinski definition) is 1. The minimum atomic E-state index is -0.482. The number of fused-ring (bicyclic) bond motifs is 1. The Morgan fingerprint density at radius 3 is 2.67 bits per heavy atom. The normalized spacial score (nSPS) is 10.8.